The van der Waals surface area contributed by atoms with Gasteiger partial charge in [-0.15, -0.1) is 11.3 Å². The molecule has 0 aromatic carbocycles. The Morgan fingerprint density at radius 1 is 1.41 bits per heavy atom. The van der Waals surface area contributed by atoms with Crippen molar-refractivity contribution in [1.82, 2.24) is 4.98 Å². The molecule has 0 radical (unpaired) electrons. The molecule has 1 atom stereocenters. The number of nitrogens with zero attached hydrogens (tertiary/aromatic N) is 1. The monoisotopic (exact) mass is 267 g/mol. The summed E-state index contributed by atoms with van der Waals surface area (Å²) in [5.74, 6) is 0. The summed E-state index contributed by atoms with van der Waals surface area (Å²) in [6, 6.07) is 7.71. The van der Waals surface area contributed by atoms with Crippen LogP contribution in [0.15, 0.2) is 30.5 Å². The Hall–Kier alpha value is -0.900. The van der Waals surface area contributed by atoms with Gasteiger partial charge in [-0.2, -0.15) is 0 Å². The van der Waals surface area contributed by atoms with Crippen LogP contribution in [0.2, 0.25) is 4.34 Å². The maximum absolute atomic E-state index is 10.2. The fourth-order valence-corrected chi connectivity index (χ4v) is 2.92. The lowest BCUT2D eigenvalue weighted by Crippen LogP contribution is -2.06. The van der Waals surface area contributed by atoms with Gasteiger partial charge in [0.25, 0.3) is 0 Å². The number of aryl methyl sites for hydroxylation is 1. The Morgan fingerprint density at radius 2 is 2.24 bits per heavy atom. The van der Waals surface area contributed by atoms with Crippen molar-refractivity contribution in [1.29, 1.82) is 0 Å². The van der Waals surface area contributed by atoms with Gasteiger partial charge in [-0.3, -0.25) is 4.98 Å². The van der Waals surface area contributed by atoms with E-state index >= 15 is 0 Å². The molecule has 0 amide bonds. The molecular weight excluding hydrogens is 254 g/mol. The van der Waals surface area contributed by atoms with E-state index in [0.29, 0.717) is 6.42 Å². The molecule has 2 aromatic heterocycles. The van der Waals surface area contributed by atoms with E-state index in [4.69, 9.17) is 11.6 Å². The van der Waals surface area contributed by atoms with Gasteiger partial charge in [0.05, 0.1) is 10.0 Å². The molecule has 17 heavy (non-hydrogen) atoms. The average molecular weight is 268 g/mol. The number of thiophene rings is 1. The molecule has 0 fully saturated rings. The van der Waals surface area contributed by atoms with E-state index in [1.54, 1.807) is 6.20 Å². The third kappa shape index (κ3) is 3.06. The number of pyridine rings is 1. The molecule has 2 aromatic rings. The molecule has 0 aliphatic carbocycles. The molecule has 0 bridgehead atoms. The van der Waals surface area contributed by atoms with Crippen molar-refractivity contribution in [3.05, 3.63) is 50.9 Å². The number of hydrogen-bond donors (Lipinski definition) is 1. The molecule has 1 N–H and O–H groups in total. The van der Waals surface area contributed by atoms with Gasteiger partial charge >= 0.3 is 0 Å². The highest BCUT2D eigenvalue weighted by atomic mass is 35.5. The highest BCUT2D eigenvalue weighted by Gasteiger charge is 2.14. The van der Waals surface area contributed by atoms with Gasteiger partial charge in [0.1, 0.15) is 6.10 Å². The van der Waals surface area contributed by atoms with Crippen LogP contribution in [0.3, 0.4) is 0 Å². The zero-order valence-corrected chi connectivity index (χ0v) is 11.1. The SMILES string of the molecule is CCc1cccnc1C(O)Cc1ccc(Cl)s1. The van der Waals surface area contributed by atoms with Crippen molar-refractivity contribution in [2.75, 3.05) is 0 Å². The second kappa shape index (κ2) is 5.63. The van der Waals surface area contributed by atoms with Crippen LogP contribution in [0, 0.1) is 0 Å². The lowest BCUT2D eigenvalue weighted by Gasteiger charge is -2.12. The van der Waals surface area contributed by atoms with Crippen molar-refractivity contribution >= 4 is 22.9 Å². The summed E-state index contributed by atoms with van der Waals surface area (Å²) in [6.45, 7) is 2.06. The van der Waals surface area contributed by atoms with E-state index in [2.05, 4.69) is 11.9 Å². The van der Waals surface area contributed by atoms with Gasteiger partial charge < -0.3 is 5.11 Å². The number of aliphatic hydroxyl groups is 1. The van der Waals surface area contributed by atoms with E-state index < -0.39 is 6.10 Å². The van der Waals surface area contributed by atoms with E-state index in [1.165, 1.54) is 11.3 Å². The van der Waals surface area contributed by atoms with Gasteiger partial charge in [-0.1, -0.05) is 24.6 Å². The molecule has 2 nitrogen and oxygen atoms in total. The molecule has 4 heteroatoms. The van der Waals surface area contributed by atoms with Crippen molar-refractivity contribution in [3.8, 4) is 0 Å². The van der Waals surface area contributed by atoms with Crippen LogP contribution >= 0.6 is 22.9 Å². The third-order valence-corrected chi connectivity index (χ3v) is 3.90. The molecule has 2 heterocycles. The maximum Gasteiger partial charge on any atom is 0.101 e. The largest absolute Gasteiger partial charge is 0.386 e. The summed E-state index contributed by atoms with van der Waals surface area (Å²) in [5, 5.41) is 10.2. The van der Waals surface area contributed by atoms with Gasteiger partial charge in [-0.25, -0.2) is 0 Å². The first-order chi connectivity index (χ1) is 8.20. The molecule has 0 spiro atoms. The predicted octanol–water partition coefficient (Wildman–Crippen LogP) is 3.64. The zero-order chi connectivity index (χ0) is 12.3. The molecule has 0 saturated heterocycles. The Bertz CT molecular complexity index is 498. The van der Waals surface area contributed by atoms with Crippen molar-refractivity contribution < 1.29 is 5.11 Å². The summed E-state index contributed by atoms with van der Waals surface area (Å²) in [5.41, 5.74) is 1.88. The second-order valence-corrected chi connectivity index (χ2v) is 5.63. The average Bonchev–Trinajstić information content (AvgIpc) is 2.74. The highest BCUT2D eigenvalue weighted by molar-refractivity contribution is 7.16. The maximum atomic E-state index is 10.2. The zero-order valence-electron chi connectivity index (χ0n) is 9.56. The topological polar surface area (TPSA) is 33.1 Å². The van der Waals surface area contributed by atoms with Gasteiger partial charge in [-0.05, 0) is 30.2 Å². The van der Waals surface area contributed by atoms with Crippen LogP contribution in [0.5, 0.6) is 0 Å². The van der Waals surface area contributed by atoms with Crippen molar-refractivity contribution in [3.63, 3.8) is 0 Å². The van der Waals surface area contributed by atoms with Gasteiger partial charge in [0.2, 0.25) is 0 Å². The molecule has 90 valence electrons. The Balaban J connectivity index is 2.16. The normalized spacial score (nSPS) is 12.6. The fourth-order valence-electron chi connectivity index (χ4n) is 1.80. The minimum atomic E-state index is -0.555. The number of aliphatic hydroxyl groups excluding tert-OH is 1. The number of hydrogen-bond acceptors (Lipinski definition) is 3. The first-order valence-corrected chi connectivity index (χ1v) is 6.76. The summed E-state index contributed by atoms with van der Waals surface area (Å²) in [4.78, 5) is 5.35. The van der Waals surface area contributed by atoms with Crippen molar-refractivity contribution in [2.45, 2.75) is 25.9 Å². The Morgan fingerprint density at radius 3 is 2.88 bits per heavy atom. The number of aromatic nitrogens is 1. The summed E-state index contributed by atoms with van der Waals surface area (Å²) < 4.78 is 0.754. The Labute approximate surface area is 110 Å². The van der Waals surface area contributed by atoms with Crippen LogP contribution in [-0.2, 0) is 12.8 Å². The predicted molar refractivity (Wildman–Crippen MR) is 71.6 cm³/mol. The smallest absolute Gasteiger partial charge is 0.101 e. The van der Waals surface area contributed by atoms with Crippen LogP contribution in [0.4, 0.5) is 0 Å². The minimum absolute atomic E-state index is 0.555. The van der Waals surface area contributed by atoms with E-state index in [1.807, 2.05) is 24.3 Å². The molecule has 0 aliphatic rings. The molecule has 1 unspecified atom stereocenters. The number of rotatable bonds is 4. The highest BCUT2D eigenvalue weighted by Crippen LogP contribution is 2.27. The first kappa shape index (κ1) is 12.6. The Kier molecular flexibility index (Phi) is 4.15. The fraction of sp³-hybridized carbons (Fsp3) is 0.308. The molecular formula is C13H14ClNOS. The van der Waals surface area contributed by atoms with E-state index in [-0.39, 0.29) is 0 Å². The molecule has 0 aliphatic heterocycles. The number of halogens is 1. The van der Waals surface area contributed by atoms with Crippen LogP contribution in [-0.4, -0.2) is 10.1 Å². The summed E-state index contributed by atoms with van der Waals surface area (Å²) in [7, 11) is 0. The van der Waals surface area contributed by atoms with E-state index in [9.17, 15) is 5.11 Å². The van der Waals surface area contributed by atoms with Gasteiger partial charge in [0, 0.05) is 17.5 Å². The third-order valence-electron chi connectivity index (χ3n) is 2.65. The summed E-state index contributed by atoms with van der Waals surface area (Å²) >= 11 is 7.37. The van der Waals surface area contributed by atoms with Crippen molar-refractivity contribution in [2.24, 2.45) is 0 Å². The quantitative estimate of drug-likeness (QED) is 0.918. The lowest BCUT2D eigenvalue weighted by atomic mass is 10.0. The van der Waals surface area contributed by atoms with Crippen LogP contribution < -0.4 is 0 Å². The second-order valence-electron chi connectivity index (χ2n) is 3.83. The summed E-state index contributed by atoms with van der Waals surface area (Å²) in [6.07, 6.45) is 2.62. The standard InChI is InChI=1S/C13H14ClNOS/c1-2-9-4-3-7-15-13(9)11(16)8-10-5-6-12(14)17-10/h3-7,11,16H,2,8H2,1H3. The molecule has 2 rings (SSSR count). The minimum Gasteiger partial charge on any atom is -0.386 e. The first-order valence-electron chi connectivity index (χ1n) is 5.56. The van der Waals surface area contributed by atoms with Crippen LogP contribution in [0.1, 0.15) is 29.2 Å². The van der Waals surface area contributed by atoms with Gasteiger partial charge in [0.15, 0.2) is 0 Å². The van der Waals surface area contributed by atoms with Crippen LogP contribution in [0.25, 0.3) is 0 Å². The molecule has 0 saturated carbocycles. The van der Waals surface area contributed by atoms with E-state index in [0.717, 1.165) is 26.9 Å². The lowest BCUT2D eigenvalue weighted by molar-refractivity contribution is 0.173.